The SMILES string of the molecule is CCn1c2ccccc2c2cc(C3Nc4ccccc4NC4=C3C(=O)C(C(=O)OC)C(C)C4)ccc21. The number of benzene rings is 3. The molecule has 1 aliphatic carbocycles. The number of aromatic nitrogens is 1. The van der Waals surface area contributed by atoms with E-state index in [2.05, 4.69) is 64.6 Å². The van der Waals surface area contributed by atoms with Crippen LogP contribution < -0.4 is 10.6 Å². The number of methoxy groups -OCH3 is 1. The Morgan fingerprint density at radius 3 is 2.50 bits per heavy atom. The number of rotatable bonds is 3. The smallest absolute Gasteiger partial charge is 0.316 e. The lowest BCUT2D eigenvalue weighted by atomic mass is 9.74. The Bertz CT molecular complexity index is 1560. The van der Waals surface area contributed by atoms with E-state index < -0.39 is 17.9 Å². The van der Waals surface area contributed by atoms with Gasteiger partial charge in [-0.3, -0.25) is 9.59 Å². The highest BCUT2D eigenvalue weighted by Crippen LogP contribution is 2.44. The van der Waals surface area contributed by atoms with Crippen LogP contribution in [0.1, 0.15) is 31.9 Å². The van der Waals surface area contributed by atoms with Gasteiger partial charge in [-0.1, -0.05) is 43.3 Å². The fraction of sp³-hybridized carbons (Fsp3) is 0.267. The molecule has 1 aromatic heterocycles. The first kappa shape index (κ1) is 22.4. The number of hydrogen-bond donors (Lipinski definition) is 2. The van der Waals surface area contributed by atoms with Crippen molar-refractivity contribution < 1.29 is 14.3 Å². The van der Waals surface area contributed by atoms with Gasteiger partial charge in [0.25, 0.3) is 0 Å². The number of Topliss-reactive ketones (excluding diaryl/α,β-unsaturated/α-hetero) is 1. The van der Waals surface area contributed by atoms with Gasteiger partial charge in [-0.05, 0) is 55.2 Å². The number of ketones is 1. The quantitative estimate of drug-likeness (QED) is 0.277. The molecule has 0 saturated heterocycles. The summed E-state index contributed by atoms with van der Waals surface area (Å²) in [6, 6.07) is 22.4. The summed E-state index contributed by atoms with van der Waals surface area (Å²) >= 11 is 0. The van der Waals surface area contributed by atoms with E-state index >= 15 is 0 Å². The molecule has 0 spiro atoms. The maximum absolute atomic E-state index is 13.9. The predicted molar refractivity (Wildman–Crippen MR) is 143 cm³/mol. The van der Waals surface area contributed by atoms with E-state index in [9.17, 15) is 9.59 Å². The number of ether oxygens (including phenoxy) is 1. The molecule has 0 radical (unpaired) electrons. The summed E-state index contributed by atoms with van der Waals surface area (Å²) < 4.78 is 7.36. The zero-order chi connectivity index (χ0) is 25.0. The van der Waals surface area contributed by atoms with Crippen molar-refractivity contribution in [2.24, 2.45) is 11.8 Å². The third-order valence-corrected chi connectivity index (χ3v) is 7.67. The van der Waals surface area contributed by atoms with E-state index in [-0.39, 0.29) is 11.7 Å². The van der Waals surface area contributed by atoms with Crippen LogP contribution >= 0.6 is 0 Å². The number of allylic oxidation sites excluding steroid dienone is 1. The van der Waals surface area contributed by atoms with Crippen molar-refractivity contribution in [3.63, 3.8) is 0 Å². The number of nitrogens with one attached hydrogen (secondary N) is 2. The number of nitrogens with zero attached hydrogens (tertiary/aromatic N) is 1. The number of anilines is 2. The van der Waals surface area contributed by atoms with Gasteiger partial charge in [-0.15, -0.1) is 0 Å². The average molecular weight is 480 g/mol. The fourth-order valence-electron chi connectivity index (χ4n) is 5.98. The average Bonchev–Trinajstić information content (AvgIpc) is 3.10. The standard InChI is InChI=1S/C30H29N3O3/c1-4-33-24-12-8-5-9-19(24)20-16-18(13-14-25(20)33)28-27-23(31-21-10-6-7-11-22(21)32-28)15-17(2)26(29(27)34)30(35)36-3/h5-14,16-17,26,28,31-32H,4,15H2,1-3H3. The molecule has 182 valence electrons. The normalized spacial score (nSPS) is 21.4. The monoisotopic (exact) mass is 479 g/mol. The molecule has 6 heteroatoms. The van der Waals surface area contributed by atoms with Crippen molar-refractivity contribution in [2.45, 2.75) is 32.9 Å². The summed E-state index contributed by atoms with van der Waals surface area (Å²) in [5.74, 6) is -1.62. The summed E-state index contributed by atoms with van der Waals surface area (Å²) in [6.45, 7) is 4.96. The second-order valence-electron chi connectivity index (χ2n) is 9.72. The third-order valence-electron chi connectivity index (χ3n) is 7.67. The van der Waals surface area contributed by atoms with Gasteiger partial charge in [-0.25, -0.2) is 0 Å². The van der Waals surface area contributed by atoms with Crippen molar-refractivity contribution in [1.82, 2.24) is 4.57 Å². The second-order valence-corrected chi connectivity index (χ2v) is 9.72. The summed E-state index contributed by atoms with van der Waals surface area (Å²) in [5.41, 5.74) is 6.67. The highest BCUT2D eigenvalue weighted by molar-refractivity contribution is 6.12. The molecule has 6 rings (SSSR count). The van der Waals surface area contributed by atoms with Crippen LogP contribution in [0.25, 0.3) is 21.8 Å². The lowest BCUT2D eigenvalue weighted by Gasteiger charge is -2.32. The maximum atomic E-state index is 13.9. The number of esters is 1. The molecule has 0 amide bonds. The van der Waals surface area contributed by atoms with Crippen molar-refractivity contribution in [3.05, 3.63) is 83.6 Å². The molecule has 3 unspecified atom stereocenters. The molecule has 3 atom stereocenters. The first-order chi connectivity index (χ1) is 17.5. The molecule has 36 heavy (non-hydrogen) atoms. The maximum Gasteiger partial charge on any atom is 0.316 e. The lowest BCUT2D eigenvalue weighted by molar-refractivity contribution is -0.151. The second kappa shape index (κ2) is 8.55. The van der Waals surface area contributed by atoms with E-state index in [0.717, 1.165) is 34.6 Å². The molecule has 6 nitrogen and oxygen atoms in total. The van der Waals surface area contributed by atoms with Gasteiger partial charge in [-0.2, -0.15) is 0 Å². The van der Waals surface area contributed by atoms with Gasteiger partial charge < -0.3 is 19.9 Å². The Labute approximate surface area is 209 Å². The predicted octanol–water partition coefficient (Wildman–Crippen LogP) is 6.05. The van der Waals surface area contributed by atoms with Crippen molar-refractivity contribution >= 4 is 44.9 Å². The number of para-hydroxylation sites is 3. The third kappa shape index (κ3) is 3.32. The Kier molecular flexibility index (Phi) is 5.32. The van der Waals surface area contributed by atoms with Crippen LogP contribution in [0, 0.1) is 11.8 Å². The van der Waals surface area contributed by atoms with Gasteiger partial charge >= 0.3 is 5.97 Å². The van der Waals surface area contributed by atoms with Crippen LogP contribution in [-0.4, -0.2) is 23.4 Å². The van der Waals surface area contributed by atoms with Crippen molar-refractivity contribution in [2.75, 3.05) is 17.7 Å². The highest BCUT2D eigenvalue weighted by Gasteiger charge is 2.44. The zero-order valence-electron chi connectivity index (χ0n) is 20.7. The van der Waals surface area contributed by atoms with Gasteiger partial charge in [0, 0.05) is 39.6 Å². The Morgan fingerprint density at radius 1 is 1.00 bits per heavy atom. The molecule has 1 aliphatic heterocycles. The minimum atomic E-state index is -0.813. The largest absolute Gasteiger partial charge is 0.468 e. The molecular weight excluding hydrogens is 450 g/mol. The van der Waals surface area contributed by atoms with Gasteiger partial charge in [0.15, 0.2) is 5.78 Å². The van der Waals surface area contributed by atoms with Gasteiger partial charge in [0.05, 0.1) is 24.5 Å². The van der Waals surface area contributed by atoms with Gasteiger partial charge in [0.2, 0.25) is 0 Å². The first-order valence-electron chi connectivity index (χ1n) is 12.5. The zero-order valence-corrected chi connectivity index (χ0v) is 20.7. The number of carbonyl (C=O) groups is 2. The summed E-state index contributed by atoms with van der Waals surface area (Å²) in [7, 11) is 1.35. The summed E-state index contributed by atoms with van der Waals surface area (Å²) in [5, 5.41) is 9.49. The highest BCUT2D eigenvalue weighted by atomic mass is 16.5. The van der Waals surface area contributed by atoms with Crippen LogP contribution in [0.4, 0.5) is 11.4 Å². The molecule has 2 aliphatic rings. The lowest BCUT2D eigenvalue weighted by Crippen LogP contribution is -2.39. The van der Waals surface area contributed by atoms with Crippen LogP contribution in [0.15, 0.2) is 78.0 Å². The Morgan fingerprint density at radius 2 is 1.72 bits per heavy atom. The number of carbonyl (C=O) groups excluding carboxylic acids is 2. The van der Waals surface area contributed by atoms with E-state index in [0.29, 0.717) is 12.0 Å². The molecule has 0 fully saturated rings. The number of hydrogen-bond acceptors (Lipinski definition) is 5. The summed E-state index contributed by atoms with van der Waals surface area (Å²) in [6.07, 6.45) is 0.588. The number of aryl methyl sites for hydroxylation is 1. The molecular formula is C30H29N3O3. The van der Waals surface area contributed by atoms with Crippen LogP contribution in [0.3, 0.4) is 0 Å². The fourth-order valence-corrected chi connectivity index (χ4v) is 5.98. The molecule has 4 aromatic rings. The first-order valence-corrected chi connectivity index (χ1v) is 12.5. The van der Waals surface area contributed by atoms with E-state index in [1.54, 1.807) is 0 Å². The van der Waals surface area contributed by atoms with E-state index in [1.807, 2.05) is 31.2 Å². The van der Waals surface area contributed by atoms with Crippen molar-refractivity contribution in [1.29, 1.82) is 0 Å². The van der Waals surface area contributed by atoms with Crippen molar-refractivity contribution in [3.8, 4) is 0 Å². The Hall–Kier alpha value is -4.06. The molecule has 2 N–H and O–H groups in total. The summed E-state index contributed by atoms with van der Waals surface area (Å²) in [4.78, 5) is 26.6. The molecule has 3 aromatic carbocycles. The molecule has 2 heterocycles. The minimum Gasteiger partial charge on any atom is -0.468 e. The molecule has 0 bridgehead atoms. The van der Waals surface area contributed by atoms with Crippen LogP contribution in [-0.2, 0) is 20.9 Å². The topological polar surface area (TPSA) is 72.4 Å². The van der Waals surface area contributed by atoms with Crippen LogP contribution in [0.2, 0.25) is 0 Å². The minimum absolute atomic E-state index is 0.160. The van der Waals surface area contributed by atoms with Gasteiger partial charge in [0.1, 0.15) is 5.92 Å². The molecule has 0 saturated carbocycles. The van der Waals surface area contributed by atoms with Crippen LogP contribution in [0.5, 0.6) is 0 Å². The van der Waals surface area contributed by atoms with E-state index in [4.69, 9.17) is 4.74 Å². The number of fused-ring (bicyclic) bond motifs is 4. The Balaban J connectivity index is 1.57. The van der Waals surface area contributed by atoms with E-state index in [1.165, 1.54) is 23.5 Å².